The molecule has 18 heavy (non-hydrogen) atoms. The number of aromatic carboxylic acids is 1. The maximum absolute atomic E-state index is 11.1. The third-order valence-electron chi connectivity index (χ3n) is 3.14. The van der Waals surface area contributed by atoms with Gasteiger partial charge in [-0.15, -0.1) is 12.4 Å². The Labute approximate surface area is 117 Å². The molecule has 1 fully saturated rings. The molecule has 1 aliphatic heterocycles. The minimum Gasteiger partial charge on any atom is -0.478 e. The zero-order valence-corrected chi connectivity index (χ0v) is 11.7. The Kier molecular flexibility index (Phi) is 5.38. The number of likely N-dealkylation sites (tertiary alicyclic amines) is 1. The van der Waals surface area contributed by atoms with Crippen LogP contribution in [0.5, 0.6) is 0 Å². The second-order valence-electron chi connectivity index (χ2n) is 4.57. The lowest BCUT2D eigenvalue weighted by Crippen LogP contribution is -2.16. The Hall–Kier alpha value is -0.840. The van der Waals surface area contributed by atoms with Crippen LogP contribution in [0.15, 0.2) is 12.3 Å². The average molecular weight is 291 g/mol. The monoisotopic (exact) mass is 290 g/mol. The lowest BCUT2D eigenvalue weighted by atomic mass is 9.99. The number of halogens is 2. The number of aromatic nitrogens is 1. The summed E-state index contributed by atoms with van der Waals surface area (Å²) in [5, 5.41) is 9.48. The van der Waals surface area contributed by atoms with Crippen LogP contribution in [0.1, 0.15) is 22.5 Å². The van der Waals surface area contributed by atoms with Crippen molar-refractivity contribution in [3.05, 3.63) is 28.5 Å². The van der Waals surface area contributed by atoms with E-state index in [-0.39, 0.29) is 18.0 Å². The third-order valence-corrected chi connectivity index (χ3v) is 3.34. The number of carbonyl (C=O) groups is 1. The number of carboxylic acid groups (broad SMARTS) is 1. The van der Waals surface area contributed by atoms with Gasteiger partial charge in [0.1, 0.15) is 0 Å². The number of rotatable bonds is 3. The summed E-state index contributed by atoms with van der Waals surface area (Å²) < 4.78 is 0. The molecule has 2 rings (SSSR count). The lowest BCUT2D eigenvalue weighted by molar-refractivity contribution is 0.0695. The van der Waals surface area contributed by atoms with E-state index in [2.05, 4.69) is 16.9 Å². The zero-order valence-electron chi connectivity index (χ0n) is 10.1. The molecule has 6 heteroatoms. The van der Waals surface area contributed by atoms with Crippen molar-refractivity contribution in [3.63, 3.8) is 0 Å². The van der Waals surface area contributed by atoms with Gasteiger partial charge in [-0.3, -0.25) is 4.98 Å². The van der Waals surface area contributed by atoms with Gasteiger partial charge in [-0.2, -0.15) is 0 Å². The highest BCUT2D eigenvalue weighted by Crippen LogP contribution is 2.22. The maximum Gasteiger partial charge on any atom is 0.337 e. The lowest BCUT2D eigenvalue weighted by Gasteiger charge is -2.11. The van der Waals surface area contributed by atoms with Gasteiger partial charge in [-0.05, 0) is 38.4 Å². The van der Waals surface area contributed by atoms with Gasteiger partial charge < -0.3 is 10.0 Å². The summed E-state index contributed by atoms with van der Waals surface area (Å²) in [6, 6.07) is 1.48. The van der Waals surface area contributed by atoms with Gasteiger partial charge in [0.15, 0.2) is 0 Å². The van der Waals surface area contributed by atoms with Crippen LogP contribution in [0.4, 0.5) is 0 Å². The number of pyridine rings is 1. The average Bonchev–Trinajstić information content (AvgIpc) is 2.66. The van der Waals surface area contributed by atoms with Gasteiger partial charge in [0.2, 0.25) is 0 Å². The fourth-order valence-corrected chi connectivity index (χ4v) is 2.44. The molecular formula is C12H16Cl2N2O2. The molecule has 0 aromatic carbocycles. The minimum atomic E-state index is -0.957. The van der Waals surface area contributed by atoms with Crippen LogP contribution in [0.3, 0.4) is 0 Å². The van der Waals surface area contributed by atoms with Crippen LogP contribution in [0.2, 0.25) is 5.02 Å². The van der Waals surface area contributed by atoms with E-state index in [0.29, 0.717) is 23.1 Å². The van der Waals surface area contributed by atoms with E-state index in [4.69, 9.17) is 16.7 Å². The maximum atomic E-state index is 11.1. The quantitative estimate of drug-likeness (QED) is 0.928. The smallest absolute Gasteiger partial charge is 0.337 e. The summed E-state index contributed by atoms with van der Waals surface area (Å²) in [7, 11) is 2.08. The van der Waals surface area contributed by atoms with E-state index < -0.39 is 5.97 Å². The van der Waals surface area contributed by atoms with Gasteiger partial charge in [0.25, 0.3) is 0 Å². The largest absolute Gasteiger partial charge is 0.478 e. The first-order valence-electron chi connectivity index (χ1n) is 5.62. The van der Waals surface area contributed by atoms with Crippen LogP contribution >= 0.6 is 24.0 Å². The van der Waals surface area contributed by atoms with E-state index in [1.54, 1.807) is 0 Å². The van der Waals surface area contributed by atoms with Gasteiger partial charge in [-0.1, -0.05) is 11.6 Å². The highest BCUT2D eigenvalue weighted by Gasteiger charge is 2.22. The number of carboxylic acids is 1. The standard InChI is InChI=1S/C12H15ClN2O2.ClH/c1-15-3-2-8(7-15)4-11-10(12(16)17)5-9(13)6-14-11;/h5-6,8H,2-4,7H2,1H3,(H,16,17);1H. The van der Waals surface area contributed by atoms with Gasteiger partial charge in [0, 0.05) is 12.7 Å². The minimum absolute atomic E-state index is 0. The normalized spacial score (nSPS) is 19.6. The first kappa shape index (κ1) is 15.2. The topological polar surface area (TPSA) is 53.4 Å². The predicted octanol–water partition coefficient (Wildman–Crippen LogP) is 2.35. The summed E-state index contributed by atoms with van der Waals surface area (Å²) in [5.74, 6) is -0.465. The first-order chi connectivity index (χ1) is 8.06. The molecule has 1 saturated heterocycles. The SMILES string of the molecule is CN1CCC(Cc2ncc(Cl)cc2C(=O)O)C1.Cl. The summed E-state index contributed by atoms with van der Waals surface area (Å²) in [6.07, 6.45) is 3.32. The second kappa shape index (κ2) is 6.36. The van der Waals surface area contributed by atoms with Crippen molar-refractivity contribution in [2.45, 2.75) is 12.8 Å². The summed E-state index contributed by atoms with van der Waals surface area (Å²) in [6.45, 7) is 2.07. The van der Waals surface area contributed by atoms with Crippen molar-refractivity contribution in [3.8, 4) is 0 Å². The number of hydrogen-bond donors (Lipinski definition) is 1. The Morgan fingerprint density at radius 1 is 1.67 bits per heavy atom. The van der Waals surface area contributed by atoms with Crippen molar-refractivity contribution in [1.29, 1.82) is 0 Å². The van der Waals surface area contributed by atoms with Crippen LogP contribution in [-0.2, 0) is 6.42 Å². The molecule has 0 bridgehead atoms. The van der Waals surface area contributed by atoms with E-state index in [0.717, 1.165) is 19.5 Å². The molecule has 1 unspecified atom stereocenters. The van der Waals surface area contributed by atoms with E-state index in [9.17, 15) is 4.79 Å². The molecule has 0 saturated carbocycles. The summed E-state index contributed by atoms with van der Waals surface area (Å²) in [5.41, 5.74) is 0.870. The molecule has 0 aliphatic carbocycles. The van der Waals surface area contributed by atoms with E-state index >= 15 is 0 Å². The Morgan fingerprint density at radius 3 is 2.94 bits per heavy atom. The first-order valence-corrected chi connectivity index (χ1v) is 6.00. The molecule has 2 heterocycles. The third kappa shape index (κ3) is 3.57. The fraction of sp³-hybridized carbons (Fsp3) is 0.500. The molecular weight excluding hydrogens is 275 g/mol. The molecule has 1 aromatic rings. The van der Waals surface area contributed by atoms with Crippen LogP contribution in [-0.4, -0.2) is 41.1 Å². The molecule has 0 radical (unpaired) electrons. The summed E-state index contributed by atoms with van der Waals surface area (Å²) in [4.78, 5) is 17.5. The van der Waals surface area contributed by atoms with Crippen molar-refractivity contribution in [1.82, 2.24) is 9.88 Å². The van der Waals surface area contributed by atoms with Gasteiger partial charge in [0.05, 0.1) is 16.3 Å². The van der Waals surface area contributed by atoms with Crippen molar-refractivity contribution in [2.24, 2.45) is 5.92 Å². The van der Waals surface area contributed by atoms with Crippen molar-refractivity contribution >= 4 is 30.0 Å². The van der Waals surface area contributed by atoms with Crippen LogP contribution in [0.25, 0.3) is 0 Å². The Bertz CT molecular complexity index is 440. The molecule has 1 aromatic heterocycles. The molecule has 0 amide bonds. The highest BCUT2D eigenvalue weighted by molar-refractivity contribution is 6.30. The van der Waals surface area contributed by atoms with E-state index in [1.807, 2.05) is 0 Å². The molecule has 1 atom stereocenters. The second-order valence-corrected chi connectivity index (χ2v) is 5.01. The molecule has 0 spiro atoms. The zero-order chi connectivity index (χ0) is 12.4. The van der Waals surface area contributed by atoms with Gasteiger partial charge in [-0.25, -0.2) is 4.79 Å². The number of nitrogens with zero attached hydrogens (tertiary/aromatic N) is 2. The summed E-state index contributed by atoms with van der Waals surface area (Å²) >= 11 is 5.77. The molecule has 1 aliphatic rings. The van der Waals surface area contributed by atoms with E-state index in [1.165, 1.54) is 12.3 Å². The fourth-order valence-electron chi connectivity index (χ4n) is 2.28. The molecule has 4 nitrogen and oxygen atoms in total. The molecule has 1 N–H and O–H groups in total. The Balaban J connectivity index is 0.00000162. The van der Waals surface area contributed by atoms with Gasteiger partial charge >= 0.3 is 5.97 Å². The van der Waals surface area contributed by atoms with Crippen molar-refractivity contribution < 1.29 is 9.90 Å². The van der Waals surface area contributed by atoms with Crippen molar-refractivity contribution in [2.75, 3.05) is 20.1 Å². The van der Waals surface area contributed by atoms with Crippen LogP contribution in [0, 0.1) is 5.92 Å². The highest BCUT2D eigenvalue weighted by atomic mass is 35.5. The number of hydrogen-bond acceptors (Lipinski definition) is 3. The predicted molar refractivity (Wildman–Crippen MR) is 72.8 cm³/mol. The molecule has 100 valence electrons. The Morgan fingerprint density at radius 2 is 2.39 bits per heavy atom. The van der Waals surface area contributed by atoms with Crippen LogP contribution < -0.4 is 0 Å².